The number of methoxy groups -OCH3 is 2. The Morgan fingerprint density at radius 3 is 2.54 bits per heavy atom. The molecule has 1 unspecified atom stereocenters. The number of nitrogens with one attached hydrogen (secondary N) is 1. The second-order valence-electron chi connectivity index (χ2n) is 5.85. The first-order chi connectivity index (χ1) is 11.4. The van der Waals surface area contributed by atoms with E-state index in [9.17, 15) is 4.79 Å². The van der Waals surface area contributed by atoms with Crippen molar-refractivity contribution < 1.29 is 14.3 Å². The Morgan fingerprint density at radius 1 is 1.17 bits per heavy atom. The average molecular weight is 328 g/mol. The normalized spacial score (nSPS) is 11.7. The maximum Gasteiger partial charge on any atom is 0.225 e. The highest BCUT2D eigenvalue weighted by molar-refractivity contribution is 5.94. The summed E-state index contributed by atoms with van der Waals surface area (Å²) >= 11 is 0. The van der Waals surface area contributed by atoms with Gasteiger partial charge in [-0.1, -0.05) is 19.1 Å². The van der Waals surface area contributed by atoms with Crippen molar-refractivity contribution in [1.82, 2.24) is 0 Å². The van der Waals surface area contributed by atoms with Crippen LogP contribution in [0.2, 0.25) is 0 Å². The number of carbonyl (C=O) groups excluding carboxylic acids is 1. The van der Waals surface area contributed by atoms with Gasteiger partial charge >= 0.3 is 0 Å². The molecule has 5 heteroatoms. The van der Waals surface area contributed by atoms with E-state index < -0.39 is 0 Å². The summed E-state index contributed by atoms with van der Waals surface area (Å²) in [7, 11) is 3.22. The van der Waals surface area contributed by atoms with Crippen molar-refractivity contribution in [1.29, 1.82) is 0 Å². The SMILES string of the molecule is COc1ccc(C(C)CC(=O)Nc2ccc(C)cc2N)c(OC)c1. The number of hydrogen-bond acceptors (Lipinski definition) is 4. The Balaban J connectivity index is 2.08. The van der Waals surface area contributed by atoms with Gasteiger partial charge in [0.25, 0.3) is 0 Å². The Labute approximate surface area is 142 Å². The number of amides is 1. The fourth-order valence-electron chi connectivity index (χ4n) is 2.61. The minimum atomic E-state index is -0.0871. The lowest BCUT2D eigenvalue weighted by Crippen LogP contribution is -2.15. The lowest BCUT2D eigenvalue weighted by molar-refractivity contribution is -0.116. The number of benzene rings is 2. The lowest BCUT2D eigenvalue weighted by atomic mass is 9.96. The van der Waals surface area contributed by atoms with Crippen LogP contribution in [0.5, 0.6) is 11.5 Å². The third kappa shape index (κ3) is 4.19. The number of carbonyl (C=O) groups is 1. The van der Waals surface area contributed by atoms with Crippen molar-refractivity contribution in [3.05, 3.63) is 47.5 Å². The number of rotatable bonds is 6. The van der Waals surface area contributed by atoms with E-state index in [1.165, 1.54) is 0 Å². The second-order valence-corrected chi connectivity index (χ2v) is 5.85. The summed E-state index contributed by atoms with van der Waals surface area (Å²) in [4.78, 5) is 12.3. The molecule has 128 valence electrons. The van der Waals surface area contributed by atoms with Gasteiger partial charge in [0.05, 0.1) is 25.6 Å². The molecule has 24 heavy (non-hydrogen) atoms. The summed E-state index contributed by atoms with van der Waals surface area (Å²) in [6.45, 7) is 3.95. The summed E-state index contributed by atoms with van der Waals surface area (Å²) in [5.74, 6) is 1.35. The molecule has 0 bridgehead atoms. The molecule has 2 aromatic carbocycles. The number of anilines is 2. The van der Waals surface area contributed by atoms with Crippen molar-refractivity contribution in [2.24, 2.45) is 0 Å². The van der Waals surface area contributed by atoms with E-state index in [-0.39, 0.29) is 11.8 Å². The molecule has 0 aliphatic carbocycles. The maximum atomic E-state index is 12.3. The molecule has 0 heterocycles. The first-order valence-electron chi connectivity index (χ1n) is 7.82. The van der Waals surface area contributed by atoms with E-state index >= 15 is 0 Å². The molecule has 1 atom stereocenters. The molecule has 0 aliphatic heterocycles. The van der Waals surface area contributed by atoms with Crippen molar-refractivity contribution in [2.45, 2.75) is 26.2 Å². The first-order valence-corrected chi connectivity index (χ1v) is 7.82. The summed E-state index contributed by atoms with van der Waals surface area (Å²) < 4.78 is 10.6. The van der Waals surface area contributed by atoms with Crippen LogP contribution in [0.1, 0.15) is 30.4 Å². The maximum absolute atomic E-state index is 12.3. The molecule has 0 saturated carbocycles. The lowest BCUT2D eigenvalue weighted by Gasteiger charge is -2.17. The van der Waals surface area contributed by atoms with Crippen molar-refractivity contribution in [2.75, 3.05) is 25.3 Å². The predicted molar refractivity (Wildman–Crippen MR) is 96.8 cm³/mol. The van der Waals surface area contributed by atoms with Crippen LogP contribution in [-0.4, -0.2) is 20.1 Å². The molecule has 0 saturated heterocycles. The van der Waals surface area contributed by atoms with Gasteiger partial charge < -0.3 is 20.5 Å². The Kier molecular flexibility index (Phi) is 5.68. The van der Waals surface area contributed by atoms with Crippen molar-refractivity contribution >= 4 is 17.3 Å². The van der Waals surface area contributed by atoms with Crippen LogP contribution < -0.4 is 20.5 Å². The van der Waals surface area contributed by atoms with E-state index in [1.807, 2.05) is 50.2 Å². The Bertz CT molecular complexity index is 729. The molecular weight excluding hydrogens is 304 g/mol. The van der Waals surface area contributed by atoms with Crippen LogP contribution in [0, 0.1) is 6.92 Å². The van der Waals surface area contributed by atoms with Crippen LogP contribution in [0.15, 0.2) is 36.4 Å². The van der Waals surface area contributed by atoms with Gasteiger partial charge in [0.1, 0.15) is 11.5 Å². The van der Waals surface area contributed by atoms with E-state index in [4.69, 9.17) is 15.2 Å². The standard InChI is InChI=1S/C19H24N2O3/c1-12-5-8-17(16(20)9-12)21-19(22)10-13(2)15-7-6-14(23-3)11-18(15)24-4/h5-9,11,13H,10,20H2,1-4H3,(H,21,22). The van der Waals surface area contributed by atoms with Gasteiger partial charge in [0.15, 0.2) is 0 Å². The van der Waals surface area contributed by atoms with Crippen LogP contribution >= 0.6 is 0 Å². The van der Waals surface area contributed by atoms with Gasteiger partial charge in [0, 0.05) is 12.5 Å². The Hall–Kier alpha value is -2.69. The van der Waals surface area contributed by atoms with Gasteiger partial charge in [0.2, 0.25) is 5.91 Å². The molecule has 0 spiro atoms. The van der Waals surface area contributed by atoms with Crippen molar-refractivity contribution in [3.8, 4) is 11.5 Å². The van der Waals surface area contributed by atoms with E-state index in [0.29, 0.717) is 23.5 Å². The molecular formula is C19H24N2O3. The van der Waals surface area contributed by atoms with Crippen LogP contribution in [0.25, 0.3) is 0 Å². The zero-order valence-electron chi connectivity index (χ0n) is 14.6. The molecule has 2 aromatic rings. The number of aryl methyl sites for hydroxylation is 1. The molecule has 0 aromatic heterocycles. The van der Waals surface area contributed by atoms with Crippen LogP contribution in [0.4, 0.5) is 11.4 Å². The molecule has 0 fully saturated rings. The third-order valence-electron chi connectivity index (χ3n) is 3.94. The quantitative estimate of drug-likeness (QED) is 0.793. The smallest absolute Gasteiger partial charge is 0.225 e. The van der Waals surface area contributed by atoms with E-state index in [0.717, 1.165) is 16.9 Å². The zero-order chi connectivity index (χ0) is 17.7. The van der Waals surface area contributed by atoms with Gasteiger partial charge in [-0.3, -0.25) is 4.79 Å². The highest BCUT2D eigenvalue weighted by Gasteiger charge is 2.17. The van der Waals surface area contributed by atoms with Gasteiger partial charge in [-0.25, -0.2) is 0 Å². The second kappa shape index (κ2) is 7.73. The number of ether oxygens (including phenoxy) is 2. The average Bonchev–Trinajstić information content (AvgIpc) is 2.56. The minimum absolute atomic E-state index is 0.00229. The van der Waals surface area contributed by atoms with E-state index in [1.54, 1.807) is 14.2 Å². The molecule has 2 rings (SSSR count). The summed E-state index contributed by atoms with van der Waals surface area (Å²) in [5, 5.41) is 2.87. The summed E-state index contributed by atoms with van der Waals surface area (Å²) in [5.41, 5.74) is 9.17. The number of nitrogens with two attached hydrogens (primary N) is 1. The van der Waals surface area contributed by atoms with Gasteiger partial charge in [-0.05, 0) is 42.2 Å². The highest BCUT2D eigenvalue weighted by Crippen LogP contribution is 2.32. The molecule has 0 radical (unpaired) electrons. The predicted octanol–water partition coefficient (Wildman–Crippen LogP) is 3.73. The fourth-order valence-corrected chi connectivity index (χ4v) is 2.61. The van der Waals surface area contributed by atoms with Gasteiger partial charge in [-0.2, -0.15) is 0 Å². The third-order valence-corrected chi connectivity index (χ3v) is 3.94. The molecule has 5 nitrogen and oxygen atoms in total. The van der Waals surface area contributed by atoms with Gasteiger partial charge in [-0.15, -0.1) is 0 Å². The molecule has 0 aliphatic rings. The first kappa shape index (κ1) is 17.7. The van der Waals surface area contributed by atoms with Crippen molar-refractivity contribution in [3.63, 3.8) is 0 Å². The minimum Gasteiger partial charge on any atom is -0.497 e. The molecule has 3 N–H and O–H groups in total. The fraction of sp³-hybridized carbons (Fsp3) is 0.316. The number of nitrogen functional groups attached to an aromatic ring is 1. The Morgan fingerprint density at radius 2 is 1.92 bits per heavy atom. The summed E-state index contributed by atoms with van der Waals surface area (Å²) in [6.07, 6.45) is 0.329. The monoisotopic (exact) mass is 328 g/mol. The number of hydrogen-bond donors (Lipinski definition) is 2. The molecule has 1 amide bonds. The zero-order valence-corrected chi connectivity index (χ0v) is 14.6. The van der Waals surface area contributed by atoms with Crippen LogP contribution in [0.3, 0.4) is 0 Å². The van der Waals surface area contributed by atoms with E-state index in [2.05, 4.69) is 5.32 Å². The van der Waals surface area contributed by atoms with Crippen LogP contribution in [-0.2, 0) is 4.79 Å². The highest BCUT2D eigenvalue weighted by atomic mass is 16.5. The largest absolute Gasteiger partial charge is 0.497 e. The topological polar surface area (TPSA) is 73.6 Å². The summed E-state index contributed by atoms with van der Waals surface area (Å²) in [6, 6.07) is 11.2.